The van der Waals surface area contributed by atoms with Gasteiger partial charge in [0, 0.05) is 18.1 Å². The predicted octanol–water partition coefficient (Wildman–Crippen LogP) is 2.70. The number of carbonyl (C=O) groups is 2. The molecule has 2 fully saturated rings. The molecule has 0 spiro atoms. The van der Waals surface area contributed by atoms with Crippen LogP contribution in [0.5, 0.6) is 0 Å². The molecule has 1 aliphatic heterocycles. The number of amides is 2. The van der Waals surface area contributed by atoms with Gasteiger partial charge in [-0.3, -0.25) is 9.59 Å². The van der Waals surface area contributed by atoms with Crippen molar-refractivity contribution in [1.82, 2.24) is 9.80 Å². The van der Waals surface area contributed by atoms with Crippen LogP contribution in [0.4, 0.5) is 0 Å². The highest BCUT2D eigenvalue weighted by Gasteiger charge is 2.38. The smallest absolute Gasteiger partial charge is 0.245 e. The third-order valence-corrected chi connectivity index (χ3v) is 5.15. The first-order valence-electron chi connectivity index (χ1n) is 7.88. The van der Waals surface area contributed by atoms with Gasteiger partial charge in [0.05, 0.1) is 0 Å². The fourth-order valence-electron chi connectivity index (χ4n) is 3.13. The van der Waals surface area contributed by atoms with Crippen LogP contribution < -0.4 is 0 Å². The van der Waals surface area contributed by atoms with E-state index in [1.807, 2.05) is 25.1 Å². The van der Waals surface area contributed by atoms with E-state index in [4.69, 9.17) is 11.6 Å². The van der Waals surface area contributed by atoms with Gasteiger partial charge < -0.3 is 9.80 Å². The molecule has 5 heteroatoms. The van der Waals surface area contributed by atoms with E-state index in [9.17, 15) is 9.59 Å². The van der Waals surface area contributed by atoms with E-state index in [0.29, 0.717) is 17.5 Å². The number of halogens is 1. The van der Waals surface area contributed by atoms with Gasteiger partial charge in [0.25, 0.3) is 0 Å². The minimum atomic E-state index is -0.371. The van der Waals surface area contributed by atoms with Gasteiger partial charge in [-0.15, -0.1) is 0 Å². The monoisotopic (exact) mass is 320 g/mol. The van der Waals surface area contributed by atoms with Gasteiger partial charge in [0.1, 0.15) is 12.6 Å². The molecule has 0 unspecified atom stereocenters. The minimum absolute atomic E-state index is 0.0128. The number of hydrogen-bond donors (Lipinski definition) is 0. The lowest BCUT2D eigenvalue weighted by atomic mass is 9.84. The zero-order valence-corrected chi connectivity index (χ0v) is 13.6. The van der Waals surface area contributed by atoms with E-state index in [-0.39, 0.29) is 24.4 Å². The van der Waals surface area contributed by atoms with Crippen LogP contribution in [0.15, 0.2) is 24.3 Å². The highest BCUT2D eigenvalue weighted by molar-refractivity contribution is 6.31. The van der Waals surface area contributed by atoms with E-state index in [1.54, 1.807) is 15.9 Å². The molecule has 0 radical (unpaired) electrons. The maximum absolute atomic E-state index is 12.6. The van der Waals surface area contributed by atoms with Crippen LogP contribution in [0, 0.1) is 5.92 Å². The molecule has 1 heterocycles. The Morgan fingerprint density at radius 2 is 1.95 bits per heavy atom. The molecule has 2 amide bonds. The lowest BCUT2D eigenvalue weighted by Crippen LogP contribution is -2.59. The first-order chi connectivity index (χ1) is 10.6. The molecule has 0 aromatic heterocycles. The summed E-state index contributed by atoms with van der Waals surface area (Å²) in [5, 5.41) is 0.632. The molecule has 1 atom stereocenters. The average molecular weight is 321 g/mol. The van der Waals surface area contributed by atoms with Crippen LogP contribution in [-0.2, 0) is 16.1 Å². The fraction of sp³-hybridized carbons (Fsp3) is 0.529. The van der Waals surface area contributed by atoms with Gasteiger partial charge in [-0.05, 0) is 37.3 Å². The van der Waals surface area contributed by atoms with E-state index >= 15 is 0 Å². The highest BCUT2D eigenvalue weighted by Crippen LogP contribution is 2.29. The number of hydrogen-bond acceptors (Lipinski definition) is 2. The van der Waals surface area contributed by atoms with Crippen LogP contribution in [0.3, 0.4) is 0 Å². The number of nitrogens with zero attached hydrogens (tertiary/aromatic N) is 2. The summed E-state index contributed by atoms with van der Waals surface area (Å²) in [5.41, 5.74) is 0.880. The summed E-state index contributed by atoms with van der Waals surface area (Å²) < 4.78 is 0. The number of rotatable bonds is 4. The molecule has 1 saturated carbocycles. The summed E-state index contributed by atoms with van der Waals surface area (Å²) in [6.07, 6.45) is 3.59. The van der Waals surface area contributed by atoms with E-state index in [1.165, 1.54) is 19.3 Å². The molecular formula is C17H21ClN2O2. The molecule has 1 aliphatic carbocycles. The quantitative estimate of drug-likeness (QED) is 0.856. The van der Waals surface area contributed by atoms with Crippen LogP contribution >= 0.6 is 11.6 Å². The Hall–Kier alpha value is -1.55. The molecule has 1 saturated heterocycles. The van der Waals surface area contributed by atoms with Gasteiger partial charge in [0.15, 0.2) is 0 Å². The number of piperazine rings is 1. The Balaban J connectivity index is 1.69. The van der Waals surface area contributed by atoms with Crippen molar-refractivity contribution >= 4 is 23.4 Å². The van der Waals surface area contributed by atoms with Crippen molar-refractivity contribution in [2.45, 2.75) is 38.8 Å². The standard InChI is InChI=1S/C17H21ClN2O2/c1-12-17(22)19(10-14-7-2-3-8-15(14)18)11-16(21)20(12)9-13-5-4-6-13/h2-3,7-8,12-13H,4-6,9-11H2,1H3/t12-/m0/s1. The Morgan fingerprint density at radius 3 is 2.59 bits per heavy atom. The van der Waals surface area contributed by atoms with Gasteiger partial charge in [-0.1, -0.05) is 36.2 Å². The third kappa shape index (κ3) is 2.98. The topological polar surface area (TPSA) is 40.6 Å². The molecule has 2 aliphatic rings. The maximum atomic E-state index is 12.6. The normalized spacial score (nSPS) is 22.9. The fourth-order valence-corrected chi connectivity index (χ4v) is 3.32. The van der Waals surface area contributed by atoms with Crippen LogP contribution in [0.25, 0.3) is 0 Å². The SMILES string of the molecule is C[C@H]1C(=O)N(Cc2ccccc2Cl)CC(=O)N1CC1CCC1. The third-order valence-electron chi connectivity index (χ3n) is 4.78. The van der Waals surface area contributed by atoms with Crippen LogP contribution in [0.1, 0.15) is 31.7 Å². The molecule has 1 aromatic rings. The number of carbonyl (C=O) groups excluding carboxylic acids is 2. The second-order valence-electron chi connectivity index (χ2n) is 6.30. The molecule has 3 rings (SSSR count). The largest absolute Gasteiger partial charge is 0.329 e. The van der Waals surface area contributed by atoms with Crippen LogP contribution in [-0.4, -0.2) is 40.7 Å². The molecule has 0 N–H and O–H groups in total. The molecule has 1 aromatic carbocycles. The van der Waals surface area contributed by atoms with Crippen molar-refractivity contribution in [2.75, 3.05) is 13.1 Å². The molecular weight excluding hydrogens is 300 g/mol. The van der Waals surface area contributed by atoms with E-state index in [2.05, 4.69) is 0 Å². The first kappa shape index (κ1) is 15.3. The van der Waals surface area contributed by atoms with Crippen molar-refractivity contribution in [3.63, 3.8) is 0 Å². The second-order valence-corrected chi connectivity index (χ2v) is 6.71. The molecule has 0 bridgehead atoms. The summed E-state index contributed by atoms with van der Waals surface area (Å²) in [7, 11) is 0. The van der Waals surface area contributed by atoms with Gasteiger partial charge in [-0.25, -0.2) is 0 Å². The van der Waals surface area contributed by atoms with Gasteiger partial charge in [0.2, 0.25) is 11.8 Å². The summed E-state index contributed by atoms with van der Waals surface area (Å²) in [6, 6.07) is 7.08. The summed E-state index contributed by atoms with van der Waals surface area (Å²) in [6.45, 7) is 3.11. The van der Waals surface area contributed by atoms with Crippen molar-refractivity contribution in [3.8, 4) is 0 Å². The lowest BCUT2D eigenvalue weighted by Gasteiger charge is -2.41. The lowest BCUT2D eigenvalue weighted by molar-refractivity contribution is -0.156. The maximum Gasteiger partial charge on any atom is 0.245 e. The van der Waals surface area contributed by atoms with E-state index < -0.39 is 0 Å². The predicted molar refractivity (Wildman–Crippen MR) is 85.4 cm³/mol. The highest BCUT2D eigenvalue weighted by atomic mass is 35.5. The number of benzene rings is 1. The molecule has 4 nitrogen and oxygen atoms in total. The Morgan fingerprint density at radius 1 is 1.23 bits per heavy atom. The van der Waals surface area contributed by atoms with Crippen molar-refractivity contribution in [1.29, 1.82) is 0 Å². The molecule has 22 heavy (non-hydrogen) atoms. The van der Waals surface area contributed by atoms with E-state index in [0.717, 1.165) is 12.1 Å². The average Bonchev–Trinajstić information content (AvgIpc) is 2.45. The summed E-state index contributed by atoms with van der Waals surface area (Å²) in [5.74, 6) is 0.638. The van der Waals surface area contributed by atoms with Crippen LogP contribution in [0.2, 0.25) is 5.02 Å². The Kier molecular flexibility index (Phi) is 4.39. The van der Waals surface area contributed by atoms with Crippen molar-refractivity contribution in [3.05, 3.63) is 34.9 Å². The van der Waals surface area contributed by atoms with Crippen molar-refractivity contribution < 1.29 is 9.59 Å². The Labute approximate surface area is 136 Å². The van der Waals surface area contributed by atoms with Crippen molar-refractivity contribution in [2.24, 2.45) is 5.92 Å². The van der Waals surface area contributed by atoms with Gasteiger partial charge >= 0.3 is 0 Å². The molecule has 118 valence electrons. The minimum Gasteiger partial charge on any atom is -0.329 e. The summed E-state index contributed by atoms with van der Waals surface area (Å²) >= 11 is 6.15. The van der Waals surface area contributed by atoms with Gasteiger partial charge in [-0.2, -0.15) is 0 Å². The zero-order chi connectivity index (χ0) is 15.7. The summed E-state index contributed by atoms with van der Waals surface area (Å²) in [4.78, 5) is 28.4. The zero-order valence-electron chi connectivity index (χ0n) is 12.8. The second kappa shape index (κ2) is 6.29. The first-order valence-corrected chi connectivity index (χ1v) is 8.25. The Bertz CT molecular complexity index is 586.